The van der Waals surface area contributed by atoms with Crippen LogP contribution in [0.5, 0.6) is 11.5 Å². The number of thiol groups is 1. The summed E-state index contributed by atoms with van der Waals surface area (Å²) in [6.07, 6.45) is 0.958. The third kappa shape index (κ3) is 1.48. The standard InChI is InChI=1S/C11H15NO2S/c1-13-8-4-9(15)11(14-2)7-3-6(5-12)10(7)8/h4,6,15H,3,5,12H2,1-2H3. The van der Waals surface area contributed by atoms with E-state index >= 15 is 0 Å². The Kier molecular flexibility index (Phi) is 2.80. The summed E-state index contributed by atoms with van der Waals surface area (Å²) in [5, 5.41) is 0. The number of methoxy groups -OCH3 is 2. The molecule has 1 aromatic carbocycles. The molecule has 0 fully saturated rings. The van der Waals surface area contributed by atoms with Gasteiger partial charge in [0.25, 0.3) is 0 Å². The highest BCUT2D eigenvalue weighted by Crippen LogP contribution is 2.48. The van der Waals surface area contributed by atoms with Gasteiger partial charge in [0.2, 0.25) is 0 Å². The molecule has 1 aliphatic rings. The van der Waals surface area contributed by atoms with E-state index in [1.807, 2.05) is 6.07 Å². The van der Waals surface area contributed by atoms with Crippen molar-refractivity contribution in [1.82, 2.24) is 0 Å². The summed E-state index contributed by atoms with van der Waals surface area (Å²) in [4.78, 5) is 0.823. The molecule has 0 bridgehead atoms. The molecule has 0 saturated carbocycles. The van der Waals surface area contributed by atoms with Gasteiger partial charge in [-0.05, 0) is 19.0 Å². The van der Waals surface area contributed by atoms with Crippen molar-refractivity contribution in [2.45, 2.75) is 17.2 Å². The zero-order valence-corrected chi connectivity index (χ0v) is 9.80. The number of fused-ring (bicyclic) bond motifs is 1. The number of hydrogen-bond donors (Lipinski definition) is 2. The minimum absolute atomic E-state index is 0.401. The molecule has 0 spiro atoms. The Bertz CT molecular complexity index is 393. The quantitative estimate of drug-likeness (QED) is 0.768. The second kappa shape index (κ2) is 3.94. The monoisotopic (exact) mass is 225 g/mol. The molecule has 0 amide bonds. The lowest BCUT2D eigenvalue weighted by Crippen LogP contribution is -2.26. The van der Waals surface area contributed by atoms with E-state index in [0.29, 0.717) is 12.5 Å². The molecule has 1 aliphatic carbocycles. The lowest BCUT2D eigenvalue weighted by molar-refractivity contribution is 0.368. The van der Waals surface area contributed by atoms with Crippen LogP contribution in [0.2, 0.25) is 0 Å². The van der Waals surface area contributed by atoms with E-state index in [1.165, 1.54) is 11.1 Å². The Hall–Kier alpha value is -0.870. The normalized spacial score (nSPS) is 18.0. The van der Waals surface area contributed by atoms with E-state index in [1.54, 1.807) is 14.2 Å². The van der Waals surface area contributed by atoms with Crippen molar-refractivity contribution in [3.05, 3.63) is 17.2 Å². The Balaban J connectivity index is 2.54. The van der Waals surface area contributed by atoms with Gasteiger partial charge in [-0.15, -0.1) is 12.6 Å². The number of nitrogens with two attached hydrogens (primary N) is 1. The first-order chi connectivity index (χ1) is 7.22. The predicted octanol–water partition coefficient (Wildman–Crippen LogP) is 1.59. The molecular weight excluding hydrogens is 210 g/mol. The van der Waals surface area contributed by atoms with Gasteiger partial charge in [0.1, 0.15) is 11.5 Å². The summed E-state index contributed by atoms with van der Waals surface area (Å²) in [6.45, 7) is 0.651. The van der Waals surface area contributed by atoms with Crippen LogP contribution < -0.4 is 15.2 Å². The molecule has 0 aliphatic heterocycles. The minimum atomic E-state index is 0.401. The summed E-state index contributed by atoms with van der Waals surface area (Å²) < 4.78 is 10.7. The molecule has 0 heterocycles. The van der Waals surface area contributed by atoms with Crippen molar-refractivity contribution in [1.29, 1.82) is 0 Å². The molecule has 0 saturated heterocycles. The summed E-state index contributed by atoms with van der Waals surface area (Å²) in [5.41, 5.74) is 8.07. The van der Waals surface area contributed by atoms with Crippen LogP contribution in [0.15, 0.2) is 11.0 Å². The maximum Gasteiger partial charge on any atom is 0.135 e. The molecule has 2 N–H and O–H groups in total. The topological polar surface area (TPSA) is 44.5 Å². The molecule has 4 heteroatoms. The molecule has 0 radical (unpaired) electrons. The smallest absolute Gasteiger partial charge is 0.135 e. The first kappa shape index (κ1) is 10.6. The van der Waals surface area contributed by atoms with Gasteiger partial charge in [-0.3, -0.25) is 0 Å². The van der Waals surface area contributed by atoms with Crippen molar-refractivity contribution in [3.8, 4) is 11.5 Å². The van der Waals surface area contributed by atoms with Crippen molar-refractivity contribution < 1.29 is 9.47 Å². The molecule has 2 rings (SSSR count). The van der Waals surface area contributed by atoms with Crippen molar-refractivity contribution in [2.24, 2.45) is 5.73 Å². The van der Waals surface area contributed by atoms with Crippen molar-refractivity contribution >= 4 is 12.6 Å². The van der Waals surface area contributed by atoms with Gasteiger partial charge in [-0.1, -0.05) is 0 Å². The van der Waals surface area contributed by atoms with E-state index in [9.17, 15) is 0 Å². The average molecular weight is 225 g/mol. The van der Waals surface area contributed by atoms with Crippen molar-refractivity contribution in [2.75, 3.05) is 20.8 Å². The number of ether oxygens (including phenoxy) is 2. The molecule has 1 atom stereocenters. The maximum atomic E-state index is 5.69. The van der Waals surface area contributed by atoms with E-state index in [4.69, 9.17) is 15.2 Å². The Morgan fingerprint density at radius 3 is 2.73 bits per heavy atom. The minimum Gasteiger partial charge on any atom is -0.496 e. The average Bonchev–Trinajstić information content (AvgIpc) is 2.20. The second-order valence-corrected chi connectivity index (χ2v) is 4.14. The van der Waals surface area contributed by atoms with Crippen LogP contribution in [0.25, 0.3) is 0 Å². The molecular formula is C11H15NO2S. The molecule has 3 nitrogen and oxygen atoms in total. The maximum absolute atomic E-state index is 5.69. The van der Waals surface area contributed by atoms with Crippen LogP contribution in [0.4, 0.5) is 0 Å². The Morgan fingerprint density at radius 1 is 1.47 bits per heavy atom. The highest BCUT2D eigenvalue weighted by atomic mass is 32.1. The van der Waals surface area contributed by atoms with Gasteiger partial charge in [0, 0.05) is 17.0 Å². The van der Waals surface area contributed by atoms with Crippen molar-refractivity contribution in [3.63, 3.8) is 0 Å². The Labute approximate surface area is 95.0 Å². The van der Waals surface area contributed by atoms with Gasteiger partial charge in [-0.25, -0.2) is 0 Å². The fourth-order valence-corrected chi connectivity index (χ4v) is 2.50. The fourth-order valence-electron chi connectivity index (χ4n) is 2.16. The third-order valence-corrected chi connectivity index (χ3v) is 3.26. The fraction of sp³-hybridized carbons (Fsp3) is 0.455. The Morgan fingerprint density at radius 2 is 2.20 bits per heavy atom. The highest BCUT2D eigenvalue weighted by Gasteiger charge is 2.33. The lowest BCUT2D eigenvalue weighted by Gasteiger charge is -2.33. The van der Waals surface area contributed by atoms with E-state index in [2.05, 4.69) is 12.6 Å². The number of rotatable bonds is 3. The van der Waals surface area contributed by atoms with Gasteiger partial charge in [0.05, 0.1) is 19.1 Å². The molecule has 15 heavy (non-hydrogen) atoms. The largest absolute Gasteiger partial charge is 0.496 e. The van der Waals surface area contributed by atoms with Gasteiger partial charge < -0.3 is 15.2 Å². The van der Waals surface area contributed by atoms with Crippen LogP contribution in [0.3, 0.4) is 0 Å². The van der Waals surface area contributed by atoms with Crippen LogP contribution >= 0.6 is 12.6 Å². The first-order valence-electron chi connectivity index (χ1n) is 4.89. The summed E-state index contributed by atoms with van der Waals surface area (Å²) in [7, 11) is 3.33. The van der Waals surface area contributed by atoms with E-state index < -0.39 is 0 Å². The van der Waals surface area contributed by atoms with Gasteiger partial charge >= 0.3 is 0 Å². The van der Waals surface area contributed by atoms with Crippen LogP contribution in [0, 0.1) is 0 Å². The SMILES string of the molecule is COc1cc(S)c(OC)c2c1C(CN)C2. The first-order valence-corrected chi connectivity index (χ1v) is 5.34. The van der Waals surface area contributed by atoms with Crippen LogP contribution in [-0.2, 0) is 6.42 Å². The number of hydrogen-bond acceptors (Lipinski definition) is 4. The molecule has 1 unspecified atom stereocenters. The molecule has 82 valence electrons. The molecule has 0 aromatic heterocycles. The second-order valence-electron chi connectivity index (χ2n) is 3.66. The van der Waals surface area contributed by atoms with Crippen LogP contribution in [-0.4, -0.2) is 20.8 Å². The van der Waals surface area contributed by atoms with Crippen LogP contribution in [0.1, 0.15) is 17.0 Å². The molecule has 1 aromatic rings. The lowest BCUT2D eigenvalue weighted by atomic mass is 9.76. The summed E-state index contributed by atoms with van der Waals surface area (Å²) in [6, 6.07) is 1.89. The van der Waals surface area contributed by atoms with Gasteiger partial charge in [-0.2, -0.15) is 0 Å². The third-order valence-electron chi connectivity index (χ3n) is 2.93. The summed E-state index contributed by atoms with van der Waals surface area (Å²) >= 11 is 4.38. The van der Waals surface area contributed by atoms with Gasteiger partial charge in [0.15, 0.2) is 0 Å². The van der Waals surface area contributed by atoms with E-state index in [-0.39, 0.29) is 0 Å². The number of benzene rings is 1. The highest BCUT2D eigenvalue weighted by molar-refractivity contribution is 7.80. The van der Waals surface area contributed by atoms with E-state index in [0.717, 1.165) is 22.8 Å². The summed E-state index contributed by atoms with van der Waals surface area (Å²) in [5.74, 6) is 2.13. The predicted molar refractivity (Wildman–Crippen MR) is 62.3 cm³/mol. The zero-order valence-electron chi connectivity index (χ0n) is 8.91. The zero-order chi connectivity index (χ0) is 11.0.